The number of carbonyl (C=O) groups excluding carboxylic acids is 1. The van der Waals surface area contributed by atoms with Crippen LogP contribution in [-0.2, 0) is 14.6 Å². The molecule has 110 valence electrons. The number of sulfone groups is 1. The number of nitrogens with zero attached hydrogens (tertiary/aromatic N) is 1. The van der Waals surface area contributed by atoms with E-state index in [1.54, 1.807) is 0 Å². The first-order chi connectivity index (χ1) is 8.93. The fourth-order valence-corrected chi connectivity index (χ4v) is 4.89. The number of rotatable bonds is 3. The maximum atomic E-state index is 12.3. The lowest BCUT2D eigenvalue weighted by molar-refractivity contribution is -0.136. The van der Waals surface area contributed by atoms with Crippen molar-refractivity contribution in [3.8, 4) is 0 Å². The molecule has 0 aromatic rings. The van der Waals surface area contributed by atoms with Crippen LogP contribution in [0.5, 0.6) is 0 Å². The van der Waals surface area contributed by atoms with E-state index in [0.29, 0.717) is 18.4 Å². The molecule has 2 aliphatic heterocycles. The molecular formula is C13H24N2O3S. The Labute approximate surface area is 115 Å². The molecule has 19 heavy (non-hydrogen) atoms. The van der Waals surface area contributed by atoms with E-state index in [9.17, 15) is 13.2 Å². The maximum absolute atomic E-state index is 12.3. The summed E-state index contributed by atoms with van der Waals surface area (Å²) in [5, 5.41) is 3.44. The molecule has 2 heterocycles. The van der Waals surface area contributed by atoms with Crippen molar-refractivity contribution in [3.05, 3.63) is 0 Å². The van der Waals surface area contributed by atoms with E-state index in [-0.39, 0.29) is 23.3 Å². The highest BCUT2D eigenvalue weighted by atomic mass is 32.2. The SMILES string of the molecule is CCNC1CCN(C(=O)C2CCS(=O)(=O)C2)CC1C. The number of likely N-dealkylation sites (tertiary alicyclic amines) is 1. The van der Waals surface area contributed by atoms with Crippen molar-refractivity contribution in [1.29, 1.82) is 0 Å². The predicted molar refractivity (Wildman–Crippen MR) is 74.6 cm³/mol. The third-order valence-electron chi connectivity index (χ3n) is 4.26. The Bertz CT molecular complexity index is 435. The highest BCUT2D eigenvalue weighted by Gasteiger charge is 2.37. The van der Waals surface area contributed by atoms with Gasteiger partial charge in [0.25, 0.3) is 0 Å². The molecule has 0 saturated carbocycles. The van der Waals surface area contributed by atoms with Crippen LogP contribution in [-0.4, -0.2) is 56.4 Å². The van der Waals surface area contributed by atoms with Crippen molar-refractivity contribution >= 4 is 15.7 Å². The van der Waals surface area contributed by atoms with Crippen molar-refractivity contribution in [2.75, 3.05) is 31.1 Å². The van der Waals surface area contributed by atoms with Crippen LogP contribution in [0.25, 0.3) is 0 Å². The highest BCUT2D eigenvalue weighted by Crippen LogP contribution is 2.24. The van der Waals surface area contributed by atoms with E-state index in [2.05, 4.69) is 19.2 Å². The van der Waals surface area contributed by atoms with E-state index in [1.807, 2.05) is 4.90 Å². The average molecular weight is 288 g/mol. The smallest absolute Gasteiger partial charge is 0.226 e. The zero-order valence-corrected chi connectivity index (χ0v) is 12.6. The van der Waals surface area contributed by atoms with E-state index in [4.69, 9.17) is 0 Å². The quantitative estimate of drug-likeness (QED) is 0.809. The molecule has 0 aromatic carbocycles. The Morgan fingerprint density at radius 3 is 2.63 bits per heavy atom. The third-order valence-corrected chi connectivity index (χ3v) is 6.03. The Balaban J connectivity index is 1.92. The predicted octanol–water partition coefficient (Wildman–Crippen LogP) is 0.268. The summed E-state index contributed by atoms with van der Waals surface area (Å²) in [5.41, 5.74) is 0. The Morgan fingerprint density at radius 1 is 1.37 bits per heavy atom. The number of amides is 1. The standard InChI is InChI=1S/C13H24N2O3S/c1-3-14-12-4-6-15(8-10(12)2)13(16)11-5-7-19(17,18)9-11/h10-12,14H,3-9H2,1-2H3. The van der Waals surface area contributed by atoms with Gasteiger partial charge < -0.3 is 10.2 Å². The number of hydrogen-bond donors (Lipinski definition) is 1. The van der Waals surface area contributed by atoms with Crippen molar-refractivity contribution in [2.45, 2.75) is 32.7 Å². The fourth-order valence-electron chi connectivity index (χ4n) is 3.16. The van der Waals surface area contributed by atoms with Gasteiger partial charge in [-0.05, 0) is 25.3 Å². The van der Waals surface area contributed by atoms with Crippen LogP contribution in [0.2, 0.25) is 0 Å². The van der Waals surface area contributed by atoms with Crippen molar-refractivity contribution in [3.63, 3.8) is 0 Å². The minimum atomic E-state index is -2.97. The van der Waals surface area contributed by atoms with Crippen molar-refractivity contribution in [1.82, 2.24) is 10.2 Å². The molecule has 1 N–H and O–H groups in total. The highest BCUT2D eigenvalue weighted by molar-refractivity contribution is 7.91. The Kier molecular flexibility index (Phi) is 4.50. The van der Waals surface area contributed by atoms with Gasteiger partial charge in [0.05, 0.1) is 17.4 Å². The monoisotopic (exact) mass is 288 g/mol. The summed E-state index contributed by atoms with van der Waals surface area (Å²) in [6.45, 7) is 6.68. The molecule has 5 nitrogen and oxygen atoms in total. The summed E-state index contributed by atoms with van der Waals surface area (Å²) in [7, 11) is -2.97. The lowest BCUT2D eigenvalue weighted by Crippen LogP contribution is -2.51. The molecular weight excluding hydrogens is 264 g/mol. The van der Waals surface area contributed by atoms with E-state index in [1.165, 1.54) is 0 Å². The second-order valence-corrected chi connectivity index (χ2v) is 8.04. The first-order valence-electron chi connectivity index (χ1n) is 7.15. The van der Waals surface area contributed by atoms with Crippen LogP contribution >= 0.6 is 0 Å². The molecule has 2 rings (SSSR count). The van der Waals surface area contributed by atoms with Crippen LogP contribution in [0.4, 0.5) is 0 Å². The molecule has 0 radical (unpaired) electrons. The third kappa shape index (κ3) is 3.48. The Morgan fingerprint density at radius 2 is 2.11 bits per heavy atom. The minimum absolute atomic E-state index is 0.0443. The summed E-state index contributed by atoms with van der Waals surface area (Å²) < 4.78 is 22.9. The van der Waals surface area contributed by atoms with Crippen molar-refractivity contribution < 1.29 is 13.2 Å². The van der Waals surface area contributed by atoms with Gasteiger partial charge in [0, 0.05) is 19.1 Å². The molecule has 2 fully saturated rings. The first-order valence-corrected chi connectivity index (χ1v) is 8.97. The molecule has 3 unspecified atom stereocenters. The molecule has 0 spiro atoms. The normalized spacial score (nSPS) is 34.4. The van der Waals surface area contributed by atoms with Crippen LogP contribution in [0, 0.1) is 11.8 Å². The van der Waals surface area contributed by atoms with Gasteiger partial charge >= 0.3 is 0 Å². The molecule has 6 heteroatoms. The topological polar surface area (TPSA) is 66.5 Å². The number of carbonyl (C=O) groups is 1. The Hall–Kier alpha value is -0.620. The zero-order valence-electron chi connectivity index (χ0n) is 11.8. The van der Waals surface area contributed by atoms with Gasteiger partial charge in [0.15, 0.2) is 9.84 Å². The molecule has 2 aliphatic rings. The molecule has 3 atom stereocenters. The van der Waals surface area contributed by atoms with E-state index < -0.39 is 9.84 Å². The second-order valence-electron chi connectivity index (χ2n) is 5.81. The fraction of sp³-hybridized carbons (Fsp3) is 0.923. The van der Waals surface area contributed by atoms with Gasteiger partial charge in [-0.1, -0.05) is 13.8 Å². The number of piperidine rings is 1. The average Bonchev–Trinajstić information content (AvgIpc) is 2.71. The molecule has 0 aliphatic carbocycles. The van der Waals surface area contributed by atoms with Gasteiger partial charge in [-0.3, -0.25) is 4.79 Å². The molecule has 1 amide bonds. The van der Waals surface area contributed by atoms with Gasteiger partial charge in [-0.25, -0.2) is 8.42 Å². The summed E-state index contributed by atoms with van der Waals surface area (Å²) >= 11 is 0. The van der Waals surface area contributed by atoms with Crippen LogP contribution in [0.3, 0.4) is 0 Å². The largest absolute Gasteiger partial charge is 0.342 e. The van der Waals surface area contributed by atoms with Crippen LogP contribution in [0.15, 0.2) is 0 Å². The van der Waals surface area contributed by atoms with Crippen LogP contribution < -0.4 is 5.32 Å². The van der Waals surface area contributed by atoms with Gasteiger partial charge in [-0.15, -0.1) is 0 Å². The summed E-state index contributed by atoms with van der Waals surface area (Å²) in [5.74, 6) is 0.395. The van der Waals surface area contributed by atoms with Gasteiger partial charge in [0.1, 0.15) is 0 Å². The molecule has 0 bridgehead atoms. The summed E-state index contributed by atoms with van der Waals surface area (Å²) in [6, 6.07) is 0.473. The van der Waals surface area contributed by atoms with E-state index in [0.717, 1.165) is 26.1 Å². The van der Waals surface area contributed by atoms with E-state index >= 15 is 0 Å². The second kappa shape index (κ2) is 5.79. The minimum Gasteiger partial charge on any atom is -0.342 e. The lowest BCUT2D eigenvalue weighted by Gasteiger charge is -2.38. The first kappa shape index (κ1) is 14.8. The zero-order chi connectivity index (χ0) is 14.0. The maximum Gasteiger partial charge on any atom is 0.226 e. The van der Waals surface area contributed by atoms with Gasteiger partial charge in [0.2, 0.25) is 5.91 Å². The number of nitrogens with one attached hydrogen (secondary N) is 1. The van der Waals surface area contributed by atoms with Gasteiger partial charge in [-0.2, -0.15) is 0 Å². The molecule has 0 aromatic heterocycles. The lowest BCUT2D eigenvalue weighted by atomic mass is 9.92. The van der Waals surface area contributed by atoms with Crippen LogP contribution in [0.1, 0.15) is 26.7 Å². The summed E-state index contributed by atoms with van der Waals surface area (Å²) in [4.78, 5) is 14.2. The molecule has 2 saturated heterocycles. The van der Waals surface area contributed by atoms with Crippen molar-refractivity contribution in [2.24, 2.45) is 11.8 Å². The summed E-state index contributed by atoms with van der Waals surface area (Å²) in [6.07, 6.45) is 1.46. The number of hydrogen-bond acceptors (Lipinski definition) is 4.